The Labute approximate surface area is 178 Å². The van der Waals surface area contributed by atoms with Gasteiger partial charge in [0.05, 0.1) is 11.7 Å². The van der Waals surface area contributed by atoms with Gasteiger partial charge < -0.3 is 5.32 Å². The third-order valence-corrected chi connectivity index (χ3v) is 6.61. The Bertz CT molecular complexity index is 1300. The first kappa shape index (κ1) is 20.1. The van der Waals surface area contributed by atoms with Gasteiger partial charge in [-0.25, -0.2) is 8.42 Å². The van der Waals surface area contributed by atoms with Crippen LogP contribution in [-0.2, 0) is 14.8 Å². The first-order valence-corrected chi connectivity index (χ1v) is 11.3. The lowest BCUT2D eigenvalue weighted by Gasteiger charge is -2.20. The molecule has 0 aliphatic rings. The predicted octanol–water partition coefficient (Wildman–Crippen LogP) is 3.66. The van der Waals surface area contributed by atoms with Crippen LogP contribution in [0.15, 0.2) is 77.7 Å². The molecule has 0 radical (unpaired) electrons. The molecule has 4 aromatic rings. The van der Waals surface area contributed by atoms with Gasteiger partial charge in [-0.05, 0) is 36.2 Å². The summed E-state index contributed by atoms with van der Waals surface area (Å²) < 4.78 is 37.1. The van der Waals surface area contributed by atoms with Crippen LogP contribution < -0.4 is 10.0 Å². The number of hydrogen-bond acceptors (Lipinski definition) is 6. The maximum atomic E-state index is 13.2. The number of nitrogens with zero attached hydrogens (tertiary/aromatic N) is 2. The van der Waals surface area contributed by atoms with Crippen molar-refractivity contribution in [2.24, 2.45) is 0 Å². The predicted molar refractivity (Wildman–Crippen MR) is 117 cm³/mol. The number of aromatic nitrogens is 2. The first-order valence-electron chi connectivity index (χ1n) is 9.11. The van der Waals surface area contributed by atoms with E-state index >= 15 is 0 Å². The molecule has 7 nitrogen and oxygen atoms in total. The largest absolute Gasteiger partial charge is 0.324 e. The molecule has 0 fully saturated rings. The summed E-state index contributed by atoms with van der Waals surface area (Å²) in [7, 11) is -4.06. The lowest BCUT2D eigenvalue weighted by Crippen LogP contribution is -2.37. The van der Waals surface area contributed by atoms with Crippen LogP contribution in [0.2, 0.25) is 0 Å². The van der Waals surface area contributed by atoms with Crippen molar-refractivity contribution in [1.82, 2.24) is 13.5 Å². The van der Waals surface area contributed by atoms with E-state index in [0.717, 1.165) is 17.3 Å². The smallest absolute Gasteiger partial charge is 0.247 e. The van der Waals surface area contributed by atoms with Crippen molar-refractivity contribution < 1.29 is 13.2 Å². The number of nitrogens with one attached hydrogen (secondary N) is 2. The number of carbonyl (C=O) groups is 1. The van der Waals surface area contributed by atoms with Gasteiger partial charge in [0.1, 0.15) is 22.0 Å². The van der Waals surface area contributed by atoms with Crippen molar-refractivity contribution in [2.45, 2.75) is 17.9 Å². The van der Waals surface area contributed by atoms with Crippen LogP contribution in [-0.4, -0.2) is 23.1 Å². The van der Waals surface area contributed by atoms with Gasteiger partial charge in [-0.2, -0.15) is 13.5 Å². The molecule has 9 heteroatoms. The summed E-state index contributed by atoms with van der Waals surface area (Å²) in [6, 6.07) is 19.6. The topological polar surface area (TPSA) is 101 Å². The van der Waals surface area contributed by atoms with Gasteiger partial charge in [0.15, 0.2) is 0 Å². The van der Waals surface area contributed by atoms with Gasteiger partial charge in [0, 0.05) is 5.69 Å². The van der Waals surface area contributed by atoms with Crippen molar-refractivity contribution in [1.29, 1.82) is 0 Å². The van der Waals surface area contributed by atoms with E-state index in [2.05, 4.69) is 18.8 Å². The van der Waals surface area contributed by atoms with Crippen LogP contribution in [0.1, 0.15) is 17.2 Å². The molecule has 0 unspecified atom stereocenters. The zero-order chi connectivity index (χ0) is 21.1. The molecule has 0 aliphatic heterocycles. The number of anilines is 1. The summed E-state index contributed by atoms with van der Waals surface area (Å²) in [5, 5.41) is 2.82. The number of aryl methyl sites for hydroxylation is 1. The van der Waals surface area contributed by atoms with Crippen LogP contribution >= 0.6 is 11.7 Å². The third-order valence-electron chi connectivity index (χ3n) is 4.61. The molecule has 4 rings (SSSR count). The van der Waals surface area contributed by atoms with E-state index in [-0.39, 0.29) is 10.4 Å². The zero-order valence-corrected chi connectivity index (χ0v) is 17.6. The molecule has 0 spiro atoms. The number of sulfonamides is 1. The fraction of sp³-hybridized carbons (Fsp3) is 0.0952. The highest BCUT2D eigenvalue weighted by Gasteiger charge is 2.29. The van der Waals surface area contributed by atoms with Crippen LogP contribution in [0.25, 0.3) is 11.0 Å². The van der Waals surface area contributed by atoms with Crippen LogP contribution in [0, 0.1) is 6.92 Å². The summed E-state index contributed by atoms with van der Waals surface area (Å²) >= 11 is 0.937. The molecule has 152 valence electrons. The van der Waals surface area contributed by atoms with Gasteiger partial charge >= 0.3 is 0 Å². The lowest BCUT2D eigenvalue weighted by molar-refractivity contribution is -0.117. The Hall–Kier alpha value is -3.14. The van der Waals surface area contributed by atoms with E-state index in [1.807, 2.05) is 19.1 Å². The molecule has 1 aromatic heterocycles. The SMILES string of the molecule is Cc1ccccc1NC(=O)[C@H](NS(=O)(=O)c1cccc2nsnc12)c1ccccc1. The molecule has 30 heavy (non-hydrogen) atoms. The molecule has 0 bridgehead atoms. The summed E-state index contributed by atoms with van der Waals surface area (Å²) in [5.41, 5.74) is 2.78. The van der Waals surface area contributed by atoms with Gasteiger partial charge in [0.25, 0.3) is 0 Å². The highest BCUT2D eigenvalue weighted by atomic mass is 32.2. The van der Waals surface area contributed by atoms with E-state index in [0.29, 0.717) is 16.8 Å². The molecule has 1 amide bonds. The van der Waals surface area contributed by atoms with Gasteiger partial charge in [-0.3, -0.25) is 4.79 Å². The fourth-order valence-corrected chi connectivity index (χ4v) is 5.00. The number of carbonyl (C=O) groups excluding carboxylic acids is 1. The molecule has 0 saturated heterocycles. The minimum Gasteiger partial charge on any atom is -0.324 e. The van der Waals surface area contributed by atoms with E-state index in [1.54, 1.807) is 54.6 Å². The molecule has 0 saturated carbocycles. The highest BCUT2D eigenvalue weighted by molar-refractivity contribution is 7.89. The highest BCUT2D eigenvalue weighted by Crippen LogP contribution is 2.25. The average Bonchev–Trinajstić information content (AvgIpc) is 3.23. The van der Waals surface area contributed by atoms with Crippen LogP contribution in [0.4, 0.5) is 5.69 Å². The summed E-state index contributed by atoms with van der Waals surface area (Å²) in [6.45, 7) is 1.87. The monoisotopic (exact) mass is 438 g/mol. The van der Waals surface area contributed by atoms with Gasteiger partial charge in [-0.1, -0.05) is 54.6 Å². The number of rotatable bonds is 6. The second kappa shape index (κ2) is 8.31. The molecule has 1 atom stereocenters. The van der Waals surface area contributed by atoms with Crippen LogP contribution in [0.3, 0.4) is 0 Å². The van der Waals surface area contributed by atoms with Crippen molar-refractivity contribution in [3.8, 4) is 0 Å². The molecular formula is C21H18N4O3S2. The number of para-hydroxylation sites is 1. The fourth-order valence-electron chi connectivity index (χ4n) is 3.05. The minimum absolute atomic E-state index is 0.0154. The standard InChI is InChI=1S/C21H18N4O3S2/c1-14-8-5-6-11-16(14)22-21(26)19(15-9-3-2-4-10-15)25-30(27,28)18-13-7-12-17-20(18)24-29-23-17/h2-13,19,25H,1H3,(H,22,26)/t19-/m1/s1. The Balaban J connectivity index is 1.71. The Morgan fingerprint density at radius 3 is 2.43 bits per heavy atom. The van der Waals surface area contributed by atoms with Crippen LogP contribution in [0.5, 0.6) is 0 Å². The van der Waals surface area contributed by atoms with Crippen molar-refractivity contribution in [2.75, 3.05) is 5.32 Å². The van der Waals surface area contributed by atoms with Gasteiger partial charge in [0.2, 0.25) is 15.9 Å². The zero-order valence-electron chi connectivity index (χ0n) is 15.9. The summed E-state index contributed by atoms with van der Waals surface area (Å²) in [6.07, 6.45) is 0. The molecule has 3 aromatic carbocycles. The molecule has 0 aliphatic carbocycles. The molecule has 1 heterocycles. The van der Waals surface area contributed by atoms with Crippen molar-refractivity contribution in [3.63, 3.8) is 0 Å². The lowest BCUT2D eigenvalue weighted by atomic mass is 10.1. The Morgan fingerprint density at radius 2 is 1.67 bits per heavy atom. The number of amides is 1. The van der Waals surface area contributed by atoms with Crippen molar-refractivity contribution >= 4 is 44.4 Å². The number of benzene rings is 3. The van der Waals surface area contributed by atoms with Crippen molar-refractivity contribution in [3.05, 3.63) is 83.9 Å². The summed E-state index contributed by atoms with van der Waals surface area (Å²) in [4.78, 5) is 13.1. The van der Waals surface area contributed by atoms with E-state index in [4.69, 9.17) is 0 Å². The normalized spacial score (nSPS) is 12.6. The van der Waals surface area contributed by atoms with E-state index < -0.39 is 22.0 Å². The molecule has 2 N–H and O–H groups in total. The first-order chi connectivity index (χ1) is 14.5. The summed E-state index contributed by atoms with van der Waals surface area (Å²) in [5.74, 6) is -0.484. The Morgan fingerprint density at radius 1 is 0.933 bits per heavy atom. The maximum Gasteiger partial charge on any atom is 0.247 e. The number of fused-ring (bicyclic) bond motifs is 1. The van der Waals surface area contributed by atoms with E-state index in [9.17, 15) is 13.2 Å². The van der Waals surface area contributed by atoms with Gasteiger partial charge in [-0.15, -0.1) is 0 Å². The minimum atomic E-state index is -4.06. The molecular weight excluding hydrogens is 420 g/mol. The maximum absolute atomic E-state index is 13.2. The van der Waals surface area contributed by atoms with E-state index in [1.165, 1.54) is 6.07 Å². The average molecular weight is 439 g/mol. The number of hydrogen-bond donors (Lipinski definition) is 2. The second-order valence-corrected chi connectivity index (χ2v) is 8.87. The quantitative estimate of drug-likeness (QED) is 0.478. The Kier molecular flexibility index (Phi) is 5.58. The second-order valence-electron chi connectivity index (χ2n) is 6.66. The third kappa shape index (κ3) is 4.09.